The Hall–Kier alpha value is -3.24. The normalized spacial score (nSPS) is 10.3. The van der Waals surface area contributed by atoms with Gasteiger partial charge in [0.05, 0.1) is 11.1 Å². The Morgan fingerprint density at radius 1 is 0.657 bits per heavy atom. The van der Waals surface area contributed by atoms with Crippen molar-refractivity contribution in [3.05, 3.63) is 116 Å². The van der Waals surface area contributed by atoms with Gasteiger partial charge in [0.2, 0.25) is 0 Å². The van der Waals surface area contributed by atoms with Gasteiger partial charge in [0.15, 0.2) is 0 Å². The quantitative estimate of drug-likeness (QED) is 0.102. The summed E-state index contributed by atoms with van der Waals surface area (Å²) in [7, 11) is 0. The van der Waals surface area contributed by atoms with Crippen LogP contribution in [0, 0.1) is 0 Å². The van der Waals surface area contributed by atoms with Crippen LogP contribution in [0.2, 0.25) is 0 Å². The van der Waals surface area contributed by atoms with Gasteiger partial charge in [-0.05, 0) is 35.9 Å². The van der Waals surface area contributed by atoms with Gasteiger partial charge in [0, 0.05) is 33.5 Å². The summed E-state index contributed by atoms with van der Waals surface area (Å²) in [6, 6.07) is 21.6. The third kappa shape index (κ3) is 9.87. The van der Waals surface area contributed by atoms with E-state index in [9.17, 15) is 0 Å². The third-order valence-electron chi connectivity index (χ3n) is 4.04. The second kappa shape index (κ2) is 14.9. The number of rotatable bonds is 6. The fourth-order valence-electron chi connectivity index (χ4n) is 2.41. The van der Waals surface area contributed by atoms with Crippen molar-refractivity contribution in [2.75, 3.05) is 0 Å². The predicted molar refractivity (Wildman–Crippen MR) is 144 cm³/mol. The minimum absolute atomic E-state index is 0. The number of halogens is 2. The molecule has 1 radical (unpaired) electrons. The summed E-state index contributed by atoms with van der Waals surface area (Å²) in [4.78, 5) is 8.02. The van der Waals surface area contributed by atoms with E-state index in [2.05, 4.69) is 62.9 Å². The summed E-state index contributed by atoms with van der Waals surface area (Å²) in [5.74, 6) is 1.90. The van der Waals surface area contributed by atoms with Crippen molar-refractivity contribution in [1.82, 2.24) is 9.97 Å². The van der Waals surface area contributed by atoms with Gasteiger partial charge in [-0.1, -0.05) is 80.7 Å². The molecule has 0 aliphatic carbocycles. The fourth-order valence-corrected chi connectivity index (χ4v) is 3.13. The van der Waals surface area contributed by atoms with Gasteiger partial charge in [-0.25, -0.2) is 0 Å². The molecule has 0 unspecified atom stereocenters. The van der Waals surface area contributed by atoms with Crippen molar-refractivity contribution in [2.24, 2.45) is 10.2 Å². The number of hydrogen-bond donors (Lipinski definition) is 0. The molecule has 0 bridgehead atoms. The van der Waals surface area contributed by atoms with E-state index in [0.29, 0.717) is 34.3 Å². The molecule has 0 saturated heterocycles. The van der Waals surface area contributed by atoms with E-state index in [1.54, 1.807) is 49.1 Å². The van der Waals surface area contributed by atoms with E-state index in [4.69, 9.17) is 10.2 Å². The fraction of sp³-hybridized carbons (Fsp3) is 0. The largest absolute Gasteiger partial charge is 2.00 e. The molecule has 0 spiro atoms. The molecule has 2 aromatic heterocycles. The van der Waals surface area contributed by atoms with Gasteiger partial charge in [-0.15, -0.1) is 0 Å². The van der Waals surface area contributed by atoms with E-state index in [1.807, 2.05) is 48.5 Å². The minimum Gasteiger partial charge on any atom is -0.593 e. The molecule has 0 fully saturated rings. The van der Waals surface area contributed by atoms with Crippen LogP contribution in [0.1, 0.15) is 11.1 Å². The predicted octanol–water partition coefficient (Wildman–Crippen LogP) is 6.64. The van der Waals surface area contributed by atoms with Crippen molar-refractivity contribution in [3.8, 4) is 11.5 Å². The standard InChI is InChI=1S/2C12H9BrN3O.Mn/c2*13-10-5-4-9(11(17)7-10)8-15-16-12-3-1-2-6-14-12;/h2*1-8H,(H-,14,15,16,17);/q2*-1;+2/p+2. The van der Waals surface area contributed by atoms with Crippen molar-refractivity contribution in [3.63, 3.8) is 0 Å². The average molecular weight is 639 g/mol. The van der Waals surface area contributed by atoms with Crippen LogP contribution in [0.3, 0.4) is 0 Å². The van der Waals surface area contributed by atoms with Crippen LogP contribution in [0.15, 0.2) is 104 Å². The Kier molecular flexibility index (Phi) is 11.9. The summed E-state index contributed by atoms with van der Waals surface area (Å²) >= 11 is 6.61. The maximum absolute atomic E-state index is 7.72. The Morgan fingerprint density at radius 2 is 1.09 bits per heavy atom. The van der Waals surface area contributed by atoms with Gasteiger partial charge in [-0.2, -0.15) is 0 Å². The summed E-state index contributed by atoms with van der Waals surface area (Å²) in [5.41, 5.74) is 9.29. The second-order valence-corrected chi connectivity index (χ2v) is 8.36. The van der Waals surface area contributed by atoms with Gasteiger partial charge in [0.1, 0.15) is 0 Å². The Bertz CT molecular complexity index is 1160. The molecule has 4 N–H and O–H groups in total. The van der Waals surface area contributed by atoms with Crippen LogP contribution in [0.25, 0.3) is 10.9 Å². The first-order chi connectivity index (χ1) is 16.5. The molecule has 0 aliphatic heterocycles. The van der Waals surface area contributed by atoms with E-state index in [1.165, 1.54) is 0 Å². The minimum atomic E-state index is 0. The van der Waals surface area contributed by atoms with Crippen LogP contribution in [-0.2, 0) is 17.1 Å². The van der Waals surface area contributed by atoms with Crippen molar-refractivity contribution < 1.29 is 27.3 Å². The average Bonchev–Trinajstić information content (AvgIpc) is 2.84. The van der Waals surface area contributed by atoms with Crippen LogP contribution >= 0.6 is 31.9 Å². The van der Waals surface area contributed by atoms with Gasteiger partial charge < -0.3 is 31.0 Å². The molecular weight excluding hydrogens is 619 g/mol. The SMILES string of the molecule is [Mn+2].[OH2+]c1cc(Br)ccc1C=N[N-]c1ccccn1.[OH2+]c1cc(Br)ccc1C=N[N-]c1ccccn1. The van der Waals surface area contributed by atoms with Crippen LogP contribution in [-0.4, -0.2) is 32.6 Å². The van der Waals surface area contributed by atoms with Crippen molar-refractivity contribution in [1.29, 1.82) is 0 Å². The summed E-state index contributed by atoms with van der Waals surface area (Å²) in [5, 5.41) is 23.2. The molecule has 177 valence electrons. The molecular formula is C24H20Br2MnN6O2+2. The third-order valence-corrected chi connectivity index (χ3v) is 5.03. The molecule has 2 heterocycles. The van der Waals surface area contributed by atoms with Gasteiger partial charge in [-0.3, -0.25) is 10.2 Å². The van der Waals surface area contributed by atoms with Crippen LogP contribution < -0.4 is 0 Å². The number of nitrogens with zero attached hydrogens (tertiary/aromatic N) is 6. The first-order valence-electron chi connectivity index (χ1n) is 9.84. The summed E-state index contributed by atoms with van der Waals surface area (Å²) in [6.45, 7) is 0. The van der Waals surface area contributed by atoms with Crippen LogP contribution in [0.5, 0.6) is 11.5 Å². The molecule has 0 atom stereocenters. The molecule has 0 amide bonds. The van der Waals surface area contributed by atoms with E-state index in [0.717, 1.165) is 8.95 Å². The first kappa shape index (κ1) is 28.0. The first-order valence-corrected chi connectivity index (χ1v) is 11.4. The zero-order valence-corrected chi connectivity index (χ0v) is 22.4. The molecule has 4 aromatic rings. The van der Waals surface area contributed by atoms with Crippen LogP contribution in [0.4, 0.5) is 11.6 Å². The van der Waals surface area contributed by atoms with Gasteiger partial charge >= 0.3 is 17.1 Å². The molecule has 4 rings (SSSR count). The Labute approximate surface area is 230 Å². The topological polar surface area (TPSA) is 125 Å². The maximum atomic E-state index is 7.72. The summed E-state index contributed by atoms with van der Waals surface area (Å²) in [6.07, 6.45) is 6.40. The van der Waals surface area contributed by atoms with E-state index >= 15 is 0 Å². The zero-order chi connectivity index (χ0) is 24.2. The zero-order valence-electron chi connectivity index (χ0n) is 18.1. The number of pyridine rings is 2. The molecule has 11 heteroatoms. The van der Waals surface area contributed by atoms with E-state index in [-0.39, 0.29) is 17.1 Å². The number of aromatic nitrogens is 2. The number of benzene rings is 2. The Morgan fingerprint density at radius 3 is 1.43 bits per heavy atom. The molecule has 35 heavy (non-hydrogen) atoms. The molecule has 2 aromatic carbocycles. The van der Waals surface area contributed by atoms with Crippen molar-refractivity contribution >= 4 is 55.9 Å². The Balaban J connectivity index is 0.000000240. The molecule has 0 saturated carbocycles. The second-order valence-electron chi connectivity index (χ2n) is 6.53. The number of hydrogen-bond acceptors (Lipinski definition) is 4. The monoisotopic (exact) mass is 637 g/mol. The maximum Gasteiger partial charge on any atom is 2.00 e. The summed E-state index contributed by atoms with van der Waals surface area (Å²) < 4.78 is 1.75. The van der Waals surface area contributed by atoms with E-state index < -0.39 is 0 Å². The molecule has 8 nitrogen and oxygen atoms in total. The smallest absolute Gasteiger partial charge is 0.593 e. The molecule has 0 aliphatic rings. The van der Waals surface area contributed by atoms with Crippen molar-refractivity contribution in [2.45, 2.75) is 0 Å². The van der Waals surface area contributed by atoms with Gasteiger partial charge in [0.25, 0.3) is 11.5 Å².